The first kappa shape index (κ1) is 19.1. The number of hydrogen-bond acceptors (Lipinski definition) is 6. The molecule has 1 atom stereocenters. The first-order valence-corrected chi connectivity index (χ1v) is 10.1. The molecule has 0 aliphatic carbocycles. The number of amides is 1. The van der Waals surface area contributed by atoms with Crippen LogP contribution in [0.25, 0.3) is 10.6 Å². The number of aromatic nitrogens is 1. The van der Waals surface area contributed by atoms with Crippen LogP contribution in [-0.4, -0.2) is 30.5 Å². The molecule has 0 N–H and O–H groups in total. The fourth-order valence-corrected chi connectivity index (χ4v) is 4.11. The summed E-state index contributed by atoms with van der Waals surface area (Å²) in [6, 6.07) is 17.1. The second-order valence-electron chi connectivity index (χ2n) is 6.69. The Bertz CT molecular complexity index is 1020. The van der Waals surface area contributed by atoms with Gasteiger partial charge in [-0.2, -0.15) is 0 Å². The molecule has 1 amide bonds. The van der Waals surface area contributed by atoms with Gasteiger partial charge in [-0.3, -0.25) is 9.59 Å². The second-order valence-corrected chi connectivity index (χ2v) is 7.55. The zero-order valence-corrected chi connectivity index (χ0v) is 16.7. The van der Waals surface area contributed by atoms with Gasteiger partial charge in [-0.1, -0.05) is 42.5 Å². The van der Waals surface area contributed by atoms with E-state index in [2.05, 4.69) is 4.98 Å². The van der Waals surface area contributed by atoms with Crippen LogP contribution in [0.2, 0.25) is 0 Å². The van der Waals surface area contributed by atoms with Crippen molar-refractivity contribution in [3.8, 4) is 16.3 Å². The average molecular weight is 408 g/mol. The number of rotatable bonds is 6. The van der Waals surface area contributed by atoms with E-state index in [0.717, 1.165) is 10.6 Å². The molecule has 1 aromatic heterocycles. The van der Waals surface area contributed by atoms with E-state index >= 15 is 0 Å². The minimum Gasteiger partial charge on any atom is -0.495 e. The van der Waals surface area contributed by atoms with E-state index in [1.165, 1.54) is 11.3 Å². The lowest BCUT2D eigenvalue weighted by Gasteiger charge is -2.19. The van der Waals surface area contributed by atoms with Crippen molar-refractivity contribution in [1.82, 2.24) is 4.98 Å². The molecule has 0 unspecified atom stereocenters. The fraction of sp³-hybridized carbons (Fsp3) is 0.227. The standard InChI is InChI=1S/C22H20N2O4S/c1-27-19-10-6-5-9-18(19)24-12-16(11-20(24)25)22(26)28-13-17-14-29-21(23-17)15-7-3-2-4-8-15/h2-10,14,16H,11-13H2,1H3/t16-/m1/s1. The summed E-state index contributed by atoms with van der Waals surface area (Å²) in [6.07, 6.45) is 0.128. The number of ether oxygens (including phenoxy) is 2. The quantitative estimate of drug-likeness (QED) is 0.579. The predicted octanol–water partition coefficient (Wildman–Crippen LogP) is 3.92. The van der Waals surface area contributed by atoms with Gasteiger partial charge in [0.1, 0.15) is 17.4 Å². The van der Waals surface area contributed by atoms with Crippen molar-refractivity contribution in [2.45, 2.75) is 13.0 Å². The molecular formula is C22H20N2O4S. The Balaban J connectivity index is 1.37. The summed E-state index contributed by atoms with van der Waals surface area (Å²) in [4.78, 5) is 31.1. The van der Waals surface area contributed by atoms with Gasteiger partial charge >= 0.3 is 5.97 Å². The molecule has 1 aliphatic heterocycles. The highest BCUT2D eigenvalue weighted by Crippen LogP contribution is 2.33. The van der Waals surface area contributed by atoms with Crippen LogP contribution in [0.3, 0.4) is 0 Å². The molecule has 1 aliphatic rings. The summed E-state index contributed by atoms with van der Waals surface area (Å²) < 4.78 is 10.8. The molecule has 0 radical (unpaired) electrons. The van der Waals surface area contributed by atoms with Gasteiger partial charge in [-0.25, -0.2) is 4.98 Å². The first-order valence-electron chi connectivity index (χ1n) is 9.25. The lowest BCUT2D eigenvalue weighted by Crippen LogP contribution is -2.26. The maximum absolute atomic E-state index is 12.5. The third-order valence-corrected chi connectivity index (χ3v) is 5.71. The fourth-order valence-electron chi connectivity index (χ4n) is 3.30. The summed E-state index contributed by atoms with van der Waals surface area (Å²) >= 11 is 1.51. The van der Waals surface area contributed by atoms with Gasteiger partial charge in [0, 0.05) is 23.9 Å². The Hall–Kier alpha value is -3.19. The summed E-state index contributed by atoms with van der Waals surface area (Å²) in [5.74, 6) is -0.396. The second kappa shape index (κ2) is 8.45. The Labute approximate surface area is 172 Å². The van der Waals surface area contributed by atoms with Crippen molar-refractivity contribution in [2.75, 3.05) is 18.6 Å². The molecule has 2 aromatic carbocycles. The molecule has 3 aromatic rings. The highest BCUT2D eigenvalue weighted by atomic mass is 32.1. The summed E-state index contributed by atoms with van der Waals surface area (Å²) in [5.41, 5.74) is 2.40. The number of methoxy groups -OCH3 is 1. The monoisotopic (exact) mass is 408 g/mol. The third-order valence-electron chi connectivity index (χ3n) is 4.77. The van der Waals surface area contributed by atoms with Gasteiger partial charge in [0.25, 0.3) is 0 Å². The number of thiazole rings is 1. The number of esters is 1. The largest absolute Gasteiger partial charge is 0.495 e. The number of nitrogens with zero attached hydrogens (tertiary/aromatic N) is 2. The van der Waals surface area contributed by atoms with Crippen LogP contribution >= 0.6 is 11.3 Å². The van der Waals surface area contributed by atoms with Crippen molar-refractivity contribution in [3.05, 3.63) is 65.7 Å². The molecule has 0 spiro atoms. The average Bonchev–Trinajstić information content (AvgIpc) is 3.39. The molecule has 2 heterocycles. The van der Waals surface area contributed by atoms with E-state index in [-0.39, 0.29) is 31.4 Å². The molecule has 1 saturated heterocycles. The first-order chi connectivity index (χ1) is 14.2. The number of anilines is 1. The molecular weight excluding hydrogens is 388 g/mol. The minimum atomic E-state index is -0.500. The molecule has 6 nitrogen and oxygen atoms in total. The van der Waals surface area contributed by atoms with Crippen LogP contribution in [0.4, 0.5) is 5.69 Å². The Kier molecular flexibility index (Phi) is 5.57. The highest BCUT2D eigenvalue weighted by Gasteiger charge is 2.37. The lowest BCUT2D eigenvalue weighted by atomic mass is 10.1. The van der Waals surface area contributed by atoms with E-state index in [4.69, 9.17) is 9.47 Å². The molecule has 7 heteroatoms. The van der Waals surface area contributed by atoms with Gasteiger partial charge in [0.05, 0.1) is 24.4 Å². The predicted molar refractivity (Wildman–Crippen MR) is 111 cm³/mol. The van der Waals surface area contributed by atoms with Crippen molar-refractivity contribution < 1.29 is 19.1 Å². The molecule has 1 fully saturated rings. The summed E-state index contributed by atoms with van der Waals surface area (Å²) in [5, 5.41) is 2.77. The minimum absolute atomic E-state index is 0.0987. The Morgan fingerprint density at radius 1 is 1.17 bits per heavy atom. The van der Waals surface area contributed by atoms with Crippen LogP contribution in [0, 0.1) is 5.92 Å². The van der Waals surface area contributed by atoms with Crippen molar-refractivity contribution in [1.29, 1.82) is 0 Å². The van der Waals surface area contributed by atoms with Crippen molar-refractivity contribution >= 4 is 28.9 Å². The number of carbonyl (C=O) groups is 2. The van der Waals surface area contributed by atoms with Crippen LogP contribution in [0.15, 0.2) is 60.0 Å². The lowest BCUT2D eigenvalue weighted by molar-refractivity contribution is -0.149. The van der Waals surface area contributed by atoms with Gasteiger partial charge in [0.2, 0.25) is 5.91 Å². The van der Waals surface area contributed by atoms with E-state index in [1.807, 2.05) is 53.9 Å². The molecule has 29 heavy (non-hydrogen) atoms. The van der Waals surface area contributed by atoms with Gasteiger partial charge in [-0.05, 0) is 12.1 Å². The van der Waals surface area contributed by atoms with Gasteiger partial charge < -0.3 is 14.4 Å². The topological polar surface area (TPSA) is 68.7 Å². The zero-order valence-electron chi connectivity index (χ0n) is 15.9. The van der Waals surface area contributed by atoms with Crippen LogP contribution in [0.5, 0.6) is 5.75 Å². The molecule has 0 bridgehead atoms. The van der Waals surface area contributed by atoms with Crippen molar-refractivity contribution in [3.63, 3.8) is 0 Å². The van der Waals surface area contributed by atoms with E-state index in [1.54, 1.807) is 18.1 Å². The summed E-state index contributed by atoms with van der Waals surface area (Å²) in [6.45, 7) is 0.381. The number of benzene rings is 2. The van der Waals surface area contributed by atoms with Crippen LogP contribution in [0.1, 0.15) is 12.1 Å². The maximum atomic E-state index is 12.5. The smallest absolute Gasteiger partial charge is 0.311 e. The highest BCUT2D eigenvalue weighted by molar-refractivity contribution is 7.13. The number of carbonyl (C=O) groups excluding carboxylic acids is 2. The molecule has 148 valence electrons. The van der Waals surface area contributed by atoms with Crippen molar-refractivity contribution in [2.24, 2.45) is 5.92 Å². The van der Waals surface area contributed by atoms with Crippen LogP contribution < -0.4 is 9.64 Å². The van der Waals surface area contributed by atoms with Crippen LogP contribution in [-0.2, 0) is 20.9 Å². The normalized spacial score (nSPS) is 16.1. The third kappa shape index (κ3) is 4.14. The maximum Gasteiger partial charge on any atom is 0.311 e. The Morgan fingerprint density at radius 3 is 2.72 bits per heavy atom. The molecule has 4 rings (SSSR count). The number of para-hydroxylation sites is 2. The van der Waals surface area contributed by atoms with E-state index in [9.17, 15) is 9.59 Å². The van der Waals surface area contributed by atoms with E-state index in [0.29, 0.717) is 17.1 Å². The van der Waals surface area contributed by atoms with Gasteiger partial charge in [-0.15, -0.1) is 11.3 Å². The summed E-state index contributed by atoms with van der Waals surface area (Å²) in [7, 11) is 1.56. The Morgan fingerprint density at radius 2 is 1.93 bits per heavy atom. The van der Waals surface area contributed by atoms with E-state index < -0.39 is 5.92 Å². The number of hydrogen-bond donors (Lipinski definition) is 0. The molecule has 0 saturated carbocycles. The van der Waals surface area contributed by atoms with Gasteiger partial charge in [0.15, 0.2) is 0 Å². The SMILES string of the molecule is COc1ccccc1N1C[C@H](C(=O)OCc2csc(-c3ccccc3)n2)CC1=O. The zero-order chi connectivity index (χ0) is 20.2.